The number of aromatic nitrogens is 2. The standard InChI is InChI=1S/C21H23N3O2S/c1-15(2)27-20-10-4-16(5-11-20)21(25)22-14-17-12-13-24(23-17)18-6-8-19(26-3)9-7-18/h4-13,15H,14H2,1-3H3,(H,22,25). The summed E-state index contributed by atoms with van der Waals surface area (Å²) in [5.74, 6) is 0.700. The molecule has 5 nitrogen and oxygen atoms in total. The number of nitrogens with zero attached hydrogens (tertiary/aromatic N) is 2. The molecule has 0 aliphatic carbocycles. The van der Waals surface area contributed by atoms with E-state index in [1.54, 1.807) is 23.6 Å². The fourth-order valence-corrected chi connectivity index (χ4v) is 3.40. The van der Waals surface area contributed by atoms with Crippen LogP contribution >= 0.6 is 11.8 Å². The molecule has 3 aromatic rings. The number of carbonyl (C=O) groups is 1. The number of amides is 1. The summed E-state index contributed by atoms with van der Waals surface area (Å²) in [5, 5.41) is 7.94. The summed E-state index contributed by atoms with van der Waals surface area (Å²) in [5.41, 5.74) is 2.38. The van der Waals surface area contributed by atoms with Crippen LogP contribution in [-0.4, -0.2) is 28.0 Å². The summed E-state index contributed by atoms with van der Waals surface area (Å²) in [7, 11) is 1.64. The van der Waals surface area contributed by atoms with Crippen LogP contribution in [0.3, 0.4) is 0 Å². The van der Waals surface area contributed by atoms with Crippen molar-refractivity contribution in [1.29, 1.82) is 0 Å². The van der Waals surface area contributed by atoms with E-state index in [0.29, 0.717) is 17.4 Å². The minimum absolute atomic E-state index is 0.102. The van der Waals surface area contributed by atoms with Gasteiger partial charge in [0.05, 0.1) is 25.0 Å². The molecule has 1 N–H and O–H groups in total. The molecule has 27 heavy (non-hydrogen) atoms. The van der Waals surface area contributed by atoms with Gasteiger partial charge in [-0.3, -0.25) is 4.79 Å². The van der Waals surface area contributed by atoms with Gasteiger partial charge in [-0.1, -0.05) is 13.8 Å². The number of nitrogens with one attached hydrogen (secondary N) is 1. The van der Waals surface area contributed by atoms with Gasteiger partial charge in [0.1, 0.15) is 5.75 Å². The number of benzene rings is 2. The third-order valence-electron chi connectivity index (χ3n) is 3.90. The first-order chi connectivity index (χ1) is 13.0. The molecule has 2 aromatic carbocycles. The van der Waals surface area contributed by atoms with Crippen LogP contribution in [0.5, 0.6) is 5.75 Å². The van der Waals surface area contributed by atoms with Gasteiger partial charge in [-0.15, -0.1) is 11.8 Å². The zero-order valence-corrected chi connectivity index (χ0v) is 16.5. The minimum Gasteiger partial charge on any atom is -0.497 e. The predicted octanol–water partition coefficient (Wildman–Crippen LogP) is 4.31. The first-order valence-electron chi connectivity index (χ1n) is 8.79. The molecular weight excluding hydrogens is 358 g/mol. The van der Waals surface area contributed by atoms with Gasteiger partial charge in [0.25, 0.3) is 5.91 Å². The van der Waals surface area contributed by atoms with E-state index < -0.39 is 0 Å². The van der Waals surface area contributed by atoms with E-state index in [2.05, 4.69) is 24.3 Å². The van der Waals surface area contributed by atoms with Crippen molar-refractivity contribution in [2.45, 2.75) is 30.5 Å². The van der Waals surface area contributed by atoms with E-state index >= 15 is 0 Å². The van der Waals surface area contributed by atoms with Crippen molar-refractivity contribution in [2.75, 3.05) is 7.11 Å². The Morgan fingerprint density at radius 1 is 1.11 bits per heavy atom. The minimum atomic E-state index is -0.102. The molecule has 0 atom stereocenters. The summed E-state index contributed by atoms with van der Waals surface area (Å²) in [6, 6.07) is 17.2. The number of hydrogen-bond donors (Lipinski definition) is 1. The Bertz CT molecular complexity index is 887. The van der Waals surface area contributed by atoms with Crippen LogP contribution in [0.2, 0.25) is 0 Å². The van der Waals surface area contributed by atoms with Crippen LogP contribution in [0.15, 0.2) is 65.7 Å². The van der Waals surface area contributed by atoms with Gasteiger partial charge in [-0.25, -0.2) is 4.68 Å². The van der Waals surface area contributed by atoms with Gasteiger partial charge in [0.2, 0.25) is 0 Å². The maximum absolute atomic E-state index is 12.3. The zero-order chi connectivity index (χ0) is 19.2. The van der Waals surface area contributed by atoms with Crippen molar-refractivity contribution in [1.82, 2.24) is 15.1 Å². The molecule has 3 rings (SSSR count). The molecule has 1 aromatic heterocycles. The lowest BCUT2D eigenvalue weighted by atomic mass is 10.2. The van der Waals surface area contributed by atoms with Gasteiger partial charge in [0.15, 0.2) is 0 Å². The third-order valence-corrected chi connectivity index (χ3v) is 4.92. The van der Waals surface area contributed by atoms with E-state index in [4.69, 9.17) is 4.74 Å². The van der Waals surface area contributed by atoms with Crippen molar-refractivity contribution in [3.8, 4) is 11.4 Å². The maximum atomic E-state index is 12.3. The fourth-order valence-electron chi connectivity index (χ4n) is 2.56. The number of rotatable bonds is 7. The molecule has 0 saturated heterocycles. The average Bonchev–Trinajstić information content (AvgIpc) is 3.15. The molecule has 1 amide bonds. The maximum Gasteiger partial charge on any atom is 0.251 e. The summed E-state index contributed by atoms with van der Waals surface area (Å²) in [6.07, 6.45) is 1.88. The van der Waals surface area contributed by atoms with Crippen molar-refractivity contribution in [3.05, 3.63) is 72.1 Å². The summed E-state index contributed by atoms with van der Waals surface area (Å²) >= 11 is 1.78. The Hall–Kier alpha value is -2.73. The Morgan fingerprint density at radius 3 is 2.44 bits per heavy atom. The zero-order valence-electron chi connectivity index (χ0n) is 15.7. The second-order valence-corrected chi connectivity index (χ2v) is 7.97. The van der Waals surface area contributed by atoms with E-state index in [-0.39, 0.29) is 5.91 Å². The fraction of sp³-hybridized carbons (Fsp3) is 0.238. The highest BCUT2D eigenvalue weighted by atomic mass is 32.2. The first-order valence-corrected chi connectivity index (χ1v) is 9.67. The van der Waals surface area contributed by atoms with Crippen LogP contribution in [0, 0.1) is 0 Å². The van der Waals surface area contributed by atoms with Crippen molar-refractivity contribution in [3.63, 3.8) is 0 Å². The monoisotopic (exact) mass is 381 g/mol. The van der Waals surface area contributed by atoms with Crippen molar-refractivity contribution >= 4 is 17.7 Å². The van der Waals surface area contributed by atoms with Crippen molar-refractivity contribution in [2.24, 2.45) is 0 Å². The highest BCUT2D eigenvalue weighted by Crippen LogP contribution is 2.22. The second-order valence-electron chi connectivity index (χ2n) is 6.32. The number of ether oxygens (including phenoxy) is 1. The molecule has 0 fully saturated rings. The van der Waals surface area contributed by atoms with Gasteiger partial charge in [0, 0.05) is 21.9 Å². The molecule has 0 bridgehead atoms. The van der Waals surface area contributed by atoms with Crippen molar-refractivity contribution < 1.29 is 9.53 Å². The molecule has 1 heterocycles. The first kappa shape index (κ1) is 19.0. The van der Waals surface area contributed by atoms with Crippen LogP contribution < -0.4 is 10.1 Å². The van der Waals surface area contributed by atoms with Crippen LogP contribution in [0.1, 0.15) is 29.9 Å². The lowest BCUT2D eigenvalue weighted by molar-refractivity contribution is 0.0950. The average molecular weight is 382 g/mol. The van der Waals surface area contributed by atoms with E-state index in [1.165, 1.54) is 4.90 Å². The molecule has 140 valence electrons. The molecule has 0 aliphatic heterocycles. The molecule has 6 heteroatoms. The summed E-state index contributed by atoms with van der Waals surface area (Å²) in [4.78, 5) is 13.5. The molecule has 0 aliphatic rings. The largest absolute Gasteiger partial charge is 0.497 e. The predicted molar refractivity (Wildman–Crippen MR) is 109 cm³/mol. The highest BCUT2D eigenvalue weighted by molar-refractivity contribution is 7.99. The molecule has 0 spiro atoms. The molecule has 0 radical (unpaired) electrons. The third kappa shape index (κ3) is 5.14. The lowest BCUT2D eigenvalue weighted by Gasteiger charge is -2.07. The smallest absolute Gasteiger partial charge is 0.251 e. The van der Waals surface area contributed by atoms with Gasteiger partial charge >= 0.3 is 0 Å². The number of carbonyl (C=O) groups excluding carboxylic acids is 1. The van der Waals surface area contributed by atoms with Gasteiger partial charge < -0.3 is 10.1 Å². The Labute approximate surface area is 163 Å². The summed E-state index contributed by atoms with van der Waals surface area (Å²) in [6.45, 7) is 4.68. The Kier molecular flexibility index (Phi) is 6.19. The second kappa shape index (κ2) is 8.77. The van der Waals surface area contributed by atoms with Crippen LogP contribution in [0.4, 0.5) is 0 Å². The number of hydrogen-bond acceptors (Lipinski definition) is 4. The number of methoxy groups -OCH3 is 1. The normalized spacial score (nSPS) is 10.8. The summed E-state index contributed by atoms with van der Waals surface area (Å²) < 4.78 is 6.94. The lowest BCUT2D eigenvalue weighted by Crippen LogP contribution is -2.23. The van der Waals surface area contributed by atoms with E-state index in [9.17, 15) is 4.79 Å². The Morgan fingerprint density at radius 2 is 1.81 bits per heavy atom. The van der Waals surface area contributed by atoms with Gasteiger partial charge in [-0.2, -0.15) is 5.10 Å². The Balaban J connectivity index is 1.58. The van der Waals surface area contributed by atoms with Crippen LogP contribution in [0.25, 0.3) is 5.69 Å². The SMILES string of the molecule is COc1ccc(-n2ccc(CNC(=O)c3ccc(SC(C)C)cc3)n2)cc1. The van der Waals surface area contributed by atoms with E-state index in [1.807, 2.05) is 60.8 Å². The van der Waals surface area contributed by atoms with Gasteiger partial charge in [-0.05, 0) is 54.6 Å². The number of thioether (sulfide) groups is 1. The van der Waals surface area contributed by atoms with Crippen LogP contribution in [-0.2, 0) is 6.54 Å². The molecule has 0 unspecified atom stereocenters. The quantitative estimate of drug-likeness (QED) is 0.620. The van der Waals surface area contributed by atoms with E-state index in [0.717, 1.165) is 17.1 Å². The topological polar surface area (TPSA) is 56.1 Å². The molecule has 0 saturated carbocycles. The highest BCUT2D eigenvalue weighted by Gasteiger charge is 2.08. The molecular formula is C21H23N3O2S.